The van der Waals surface area contributed by atoms with Crippen LogP contribution in [0.15, 0.2) is 36.4 Å². The molecule has 0 spiro atoms. The van der Waals surface area contributed by atoms with Crippen LogP contribution in [0.4, 0.5) is 0 Å². The quantitative estimate of drug-likeness (QED) is 0.265. The summed E-state index contributed by atoms with van der Waals surface area (Å²) in [6.07, 6.45) is -4.38. The maximum Gasteiger partial charge on any atom is 0.229 e. The van der Waals surface area contributed by atoms with Crippen LogP contribution in [-0.4, -0.2) is 95.4 Å². The number of hydrogen-bond acceptors (Lipinski definition) is 11. The second-order valence-corrected chi connectivity index (χ2v) is 8.78. The fourth-order valence-electron chi connectivity index (χ4n) is 4.60. The highest BCUT2D eigenvalue weighted by Crippen LogP contribution is 2.51. The number of ether oxygens (including phenoxy) is 5. The second-order valence-electron chi connectivity index (χ2n) is 8.78. The first kappa shape index (κ1) is 27.1. The third-order valence-electron chi connectivity index (χ3n) is 6.56. The van der Waals surface area contributed by atoms with Crippen molar-refractivity contribution in [1.82, 2.24) is 0 Å². The Morgan fingerprint density at radius 1 is 0.865 bits per heavy atom. The van der Waals surface area contributed by atoms with Crippen molar-refractivity contribution in [3.8, 4) is 23.0 Å². The van der Waals surface area contributed by atoms with E-state index in [1.807, 2.05) is 6.07 Å². The molecular formula is C26H32O11. The Morgan fingerprint density at radius 2 is 1.62 bits per heavy atom. The van der Waals surface area contributed by atoms with E-state index in [2.05, 4.69) is 0 Å². The molecule has 2 heterocycles. The first-order valence-corrected chi connectivity index (χ1v) is 11.8. The maximum atomic E-state index is 10.3. The Bertz CT molecular complexity index is 1100. The van der Waals surface area contributed by atoms with E-state index < -0.39 is 49.3 Å². The van der Waals surface area contributed by atoms with Gasteiger partial charge in [-0.05, 0) is 35.4 Å². The first-order valence-electron chi connectivity index (χ1n) is 11.8. The number of fused-ring (bicyclic) bond motifs is 1. The monoisotopic (exact) mass is 520 g/mol. The largest absolute Gasteiger partial charge is 0.493 e. The molecular weight excluding hydrogens is 488 g/mol. The van der Waals surface area contributed by atoms with Gasteiger partial charge in [-0.1, -0.05) is 18.2 Å². The molecule has 4 rings (SSSR count). The molecule has 0 bridgehead atoms. The van der Waals surface area contributed by atoms with Crippen molar-refractivity contribution in [1.29, 1.82) is 0 Å². The van der Waals surface area contributed by atoms with E-state index in [9.17, 15) is 25.5 Å². The van der Waals surface area contributed by atoms with Crippen molar-refractivity contribution < 1.29 is 54.3 Å². The second kappa shape index (κ2) is 11.7. The predicted molar refractivity (Wildman–Crippen MR) is 130 cm³/mol. The van der Waals surface area contributed by atoms with Crippen LogP contribution in [0.1, 0.15) is 28.7 Å². The molecule has 11 heteroatoms. The van der Waals surface area contributed by atoms with Gasteiger partial charge in [0.25, 0.3) is 0 Å². The molecule has 2 aliphatic heterocycles. The van der Waals surface area contributed by atoms with Crippen molar-refractivity contribution in [2.75, 3.05) is 34.0 Å². The zero-order valence-corrected chi connectivity index (χ0v) is 20.4. The number of benzene rings is 2. The summed E-state index contributed by atoms with van der Waals surface area (Å²) in [5, 5.41) is 59.1. The molecule has 1 fully saturated rings. The summed E-state index contributed by atoms with van der Waals surface area (Å²) in [4.78, 5) is 0. The Balaban J connectivity index is 1.61. The first-order chi connectivity index (χ1) is 17.9. The lowest BCUT2D eigenvalue weighted by atomic mass is 9.90. The van der Waals surface area contributed by atoms with Crippen LogP contribution in [0.25, 0.3) is 6.08 Å². The Labute approximate surface area is 213 Å². The van der Waals surface area contributed by atoms with Gasteiger partial charge in [0.2, 0.25) is 6.29 Å². The van der Waals surface area contributed by atoms with Gasteiger partial charge in [0.05, 0.1) is 40.0 Å². The van der Waals surface area contributed by atoms with Gasteiger partial charge < -0.3 is 54.3 Å². The molecule has 0 aliphatic carbocycles. The third-order valence-corrected chi connectivity index (χ3v) is 6.56. The van der Waals surface area contributed by atoms with Gasteiger partial charge in [-0.15, -0.1) is 0 Å². The van der Waals surface area contributed by atoms with E-state index in [1.165, 1.54) is 14.2 Å². The summed E-state index contributed by atoms with van der Waals surface area (Å²) in [6.45, 7) is -0.900. The molecule has 0 amide bonds. The van der Waals surface area contributed by atoms with Gasteiger partial charge in [-0.3, -0.25) is 0 Å². The van der Waals surface area contributed by atoms with Crippen LogP contribution >= 0.6 is 0 Å². The Hall–Kier alpha value is -2.90. The van der Waals surface area contributed by atoms with Crippen LogP contribution < -0.4 is 18.9 Å². The average Bonchev–Trinajstić information content (AvgIpc) is 3.30. The van der Waals surface area contributed by atoms with E-state index in [-0.39, 0.29) is 24.7 Å². The number of aliphatic hydroxyl groups excluding tert-OH is 6. The SMILES string of the molecule is COc1cc([C@H]2Oc3c(OC)cc(/C=C/CO)cc3[C@H]2CO)ccc1O[C@H]1O[C@@H](CO)[C@@H](O)[C@@H](O)[C@H]1O. The van der Waals surface area contributed by atoms with Crippen LogP contribution in [0, 0.1) is 0 Å². The number of aliphatic hydroxyl groups is 6. The van der Waals surface area contributed by atoms with Gasteiger partial charge in [0.15, 0.2) is 23.0 Å². The van der Waals surface area contributed by atoms with Crippen molar-refractivity contribution in [3.63, 3.8) is 0 Å². The van der Waals surface area contributed by atoms with Gasteiger partial charge in [0.1, 0.15) is 30.5 Å². The zero-order chi connectivity index (χ0) is 26.7. The highest BCUT2D eigenvalue weighted by atomic mass is 16.7. The lowest BCUT2D eigenvalue weighted by Crippen LogP contribution is -2.60. The summed E-state index contributed by atoms with van der Waals surface area (Å²) >= 11 is 0. The molecule has 2 aliphatic rings. The maximum absolute atomic E-state index is 10.3. The minimum Gasteiger partial charge on any atom is -0.493 e. The van der Waals surface area contributed by atoms with E-state index in [0.29, 0.717) is 17.1 Å². The fraction of sp³-hybridized carbons (Fsp3) is 0.462. The van der Waals surface area contributed by atoms with Crippen molar-refractivity contribution in [2.24, 2.45) is 0 Å². The molecule has 202 valence electrons. The smallest absolute Gasteiger partial charge is 0.229 e. The van der Waals surface area contributed by atoms with E-state index in [4.69, 9.17) is 28.8 Å². The van der Waals surface area contributed by atoms with Gasteiger partial charge in [0, 0.05) is 5.56 Å². The van der Waals surface area contributed by atoms with Gasteiger partial charge in [-0.25, -0.2) is 0 Å². The molecule has 0 saturated carbocycles. The van der Waals surface area contributed by atoms with Gasteiger partial charge in [-0.2, -0.15) is 0 Å². The summed E-state index contributed by atoms with van der Waals surface area (Å²) in [5.74, 6) is 1.03. The normalized spacial score (nSPS) is 29.1. The highest BCUT2D eigenvalue weighted by molar-refractivity contribution is 5.62. The van der Waals surface area contributed by atoms with E-state index in [0.717, 1.165) is 11.1 Å². The fourth-order valence-corrected chi connectivity index (χ4v) is 4.60. The molecule has 0 unspecified atom stereocenters. The van der Waals surface area contributed by atoms with Crippen molar-refractivity contribution in [2.45, 2.75) is 42.7 Å². The molecule has 2 aromatic rings. The van der Waals surface area contributed by atoms with Crippen molar-refractivity contribution >= 4 is 6.08 Å². The van der Waals surface area contributed by atoms with Gasteiger partial charge >= 0.3 is 0 Å². The summed E-state index contributed by atoms with van der Waals surface area (Å²) in [7, 11) is 2.95. The standard InChI is InChI=1S/C26H32O11/c1-33-18-10-14(5-6-17(18)35-26-23(32)22(31)21(30)20(12-29)36-26)24-16(11-28)15-8-13(4-3-7-27)9-19(34-2)25(15)37-24/h3-6,8-10,16,20-24,26-32H,7,11-12H2,1-2H3/b4-3+/t16-,20+,21-,22-,23-,24-,26+/m1/s1. The highest BCUT2D eigenvalue weighted by Gasteiger charge is 2.45. The predicted octanol–water partition coefficient (Wildman–Crippen LogP) is 0.0976. The Morgan fingerprint density at radius 3 is 2.27 bits per heavy atom. The molecule has 6 N–H and O–H groups in total. The van der Waals surface area contributed by atoms with Crippen LogP contribution in [0.5, 0.6) is 23.0 Å². The van der Waals surface area contributed by atoms with E-state index in [1.54, 1.807) is 36.4 Å². The molecule has 2 aromatic carbocycles. The molecule has 0 aromatic heterocycles. The molecule has 0 radical (unpaired) electrons. The van der Waals surface area contributed by atoms with E-state index >= 15 is 0 Å². The molecule has 7 atom stereocenters. The Kier molecular flexibility index (Phi) is 8.55. The zero-order valence-electron chi connectivity index (χ0n) is 20.4. The van der Waals surface area contributed by atoms with Crippen LogP contribution in [-0.2, 0) is 4.74 Å². The number of rotatable bonds is 9. The summed E-state index contributed by atoms with van der Waals surface area (Å²) in [6, 6.07) is 8.60. The van der Waals surface area contributed by atoms with Crippen LogP contribution in [0.3, 0.4) is 0 Å². The minimum absolute atomic E-state index is 0.112. The average molecular weight is 521 g/mol. The van der Waals surface area contributed by atoms with Crippen molar-refractivity contribution in [3.05, 3.63) is 53.1 Å². The lowest BCUT2D eigenvalue weighted by molar-refractivity contribution is -0.277. The lowest BCUT2D eigenvalue weighted by Gasteiger charge is -2.39. The summed E-state index contributed by atoms with van der Waals surface area (Å²) < 4.78 is 28.4. The summed E-state index contributed by atoms with van der Waals surface area (Å²) in [5.41, 5.74) is 2.21. The number of methoxy groups -OCH3 is 2. The topological polar surface area (TPSA) is 168 Å². The minimum atomic E-state index is -1.58. The third kappa shape index (κ3) is 5.25. The number of hydrogen-bond donors (Lipinski definition) is 6. The molecule has 37 heavy (non-hydrogen) atoms. The molecule has 1 saturated heterocycles. The van der Waals surface area contributed by atoms with Crippen LogP contribution in [0.2, 0.25) is 0 Å². The molecule has 11 nitrogen and oxygen atoms in total.